The van der Waals surface area contributed by atoms with Gasteiger partial charge < -0.3 is 4.42 Å². The lowest BCUT2D eigenvalue weighted by molar-refractivity contribution is 0.582. The zero-order chi connectivity index (χ0) is 20.6. The first-order valence-electron chi connectivity index (χ1n) is 10.5. The summed E-state index contributed by atoms with van der Waals surface area (Å²) in [4.78, 5) is 0. The highest BCUT2D eigenvalue weighted by molar-refractivity contribution is 6.98. The van der Waals surface area contributed by atoms with Crippen LogP contribution in [0.3, 0.4) is 0 Å². The minimum Gasteiger partial charge on any atom is -0.464 e. The molecular weight excluding hydrogens is 368 g/mol. The Labute approximate surface area is 174 Å². The average Bonchev–Trinajstić information content (AvgIpc) is 3.45. The van der Waals surface area contributed by atoms with Crippen LogP contribution in [0.25, 0.3) is 34.7 Å². The second kappa shape index (κ2) is 5.96. The van der Waals surface area contributed by atoms with Crippen molar-refractivity contribution in [1.82, 2.24) is 0 Å². The van der Waals surface area contributed by atoms with Crippen molar-refractivity contribution in [1.29, 1.82) is 0 Å². The van der Waals surface area contributed by atoms with Crippen LogP contribution in [-0.2, 0) is 0 Å². The Hall–Kier alpha value is -2.58. The summed E-state index contributed by atoms with van der Waals surface area (Å²) in [5, 5.41) is 4.29. The van der Waals surface area contributed by atoms with Crippen LogP contribution >= 0.6 is 0 Å². The maximum Gasteiger partial charge on any atom is 0.135 e. The second-order valence-electron chi connectivity index (χ2n) is 9.37. The molecule has 29 heavy (non-hydrogen) atoms. The molecule has 0 radical (unpaired) electrons. The summed E-state index contributed by atoms with van der Waals surface area (Å²) in [5.74, 6) is 0.957. The topological polar surface area (TPSA) is 13.1 Å². The summed E-state index contributed by atoms with van der Waals surface area (Å²) in [6, 6.07) is 6.47. The molecule has 0 bridgehead atoms. The molecule has 3 aliphatic carbocycles. The van der Waals surface area contributed by atoms with E-state index in [1.807, 2.05) is 6.07 Å². The van der Waals surface area contributed by atoms with Crippen LogP contribution in [0.5, 0.6) is 0 Å². The van der Waals surface area contributed by atoms with Crippen molar-refractivity contribution in [2.45, 2.75) is 45.8 Å². The largest absolute Gasteiger partial charge is 0.464 e. The first kappa shape index (κ1) is 18.4. The Kier molecular flexibility index (Phi) is 3.79. The maximum absolute atomic E-state index is 5.86. The third-order valence-corrected chi connectivity index (χ3v) is 12.8. The molecule has 0 spiro atoms. The number of furan rings is 1. The zero-order valence-electron chi connectivity index (χ0n) is 18.2. The van der Waals surface area contributed by atoms with Crippen LogP contribution in [0.1, 0.15) is 38.8 Å². The number of allylic oxidation sites excluding steroid dienone is 6. The number of hydrogen-bond donors (Lipinski definition) is 0. The third-order valence-electron chi connectivity index (χ3n) is 7.86. The van der Waals surface area contributed by atoms with Gasteiger partial charge in [0.2, 0.25) is 0 Å². The fourth-order valence-electron chi connectivity index (χ4n) is 5.45. The maximum atomic E-state index is 5.86. The highest BCUT2D eigenvalue weighted by Gasteiger charge is 2.48. The predicted molar refractivity (Wildman–Crippen MR) is 127 cm³/mol. The molecule has 1 aromatic heterocycles. The van der Waals surface area contributed by atoms with E-state index >= 15 is 0 Å². The van der Waals surface area contributed by atoms with Gasteiger partial charge in [-0.2, -0.15) is 0 Å². The molecule has 1 nitrogen and oxygen atoms in total. The Bertz CT molecular complexity index is 1290. The van der Waals surface area contributed by atoms with E-state index < -0.39 is 8.07 Å². The van der Waals surface area contributed by atoms with Gasteiger partial charge >= 0.3 is 0 Å². The van der Waals surface area contributed by atoms with Gasteiger partial charge in [-0.1, -0.05) is 72.8 Å². The van der Waals surface area contributed by atoms with Gasteiger partial charge in [-0.15, -0.1) is 0 Å². The molecular formula is C27H28OSi. The standard InChI is InChI=1S/C27H28OSi/c1-17-16-27(4,19(3)18(17)2)29(5,6)25-13-12-22-23(25)15-20-9-7-10-21(20)26(22)24-11-8-14-28-24/h7-16H,1-6H3. The van der Waals surface area contributed by atoms with E-state index in [1.54, 1.807) is 17.0 Å². The Morgan fingerprint density at radius 3 is 2.48 bits per heavy atom. The fraction of sp³-hybridized carbons (Fsp3) is 0.259. The van der Waals surface area contributed by atoms with Crippen molar-refractivity contribution in [3.05, 3.63) is 81.0 Å². The molecule has 2 aromatic rings. The Morgan fingerprint density at radius 1 is 1.03 bits per heavy atom. The van der Waals surface area contributed by atoms with Crippen LogP contribution in [0.4, 0.5) is 0 Å². The lowest BCUT2D eigenvalue weighted by atomic mass is 9.98. The summed E-state index contributed by atoms with van der Waals surface area (Å²) >= 11 is 0. The molecule has 1 unspecified atom stereocenters. The normalized spacial score (nSPS) is 22.3. The minimum atomic E-state index is -1.87. The Balaban J connectivity index is 1.73. The van der Waals surface area contributed by atoms with E-state index in [4.69, 9.17) is 4.42 Å². The number of rotatable bonds is 3. The molecule has 0 aliphatic heterocycles. The molecule has 1 heterocycles. The molecule has 0 saturated carbocycles. The van der Waals surface area contributed by atoms with Crippen molar-refractivity contribution in [3.8, 4) is 11.3 Å². The SMILES string of the molecule is CC1=CC(C)([Si](C)(C)C2=CC=c3c2cc2c(c3-c3ccco3)C=CC=2)C(C)=C1C. The van der Waals surface area contributed by atoms with Crippen molar-refractivity contribution in [2.24, 2.45) is 0 Å². The monoisotopic (exact) mass is 396 g/mol. The van der Waals surface area contributed by atoms with E-state index in [9.17, 15) is 0 Å². The summed E-state index contributed by atoms with van der Waals surface area (Å²) < 4.78 is 5.86. The van der Waals surface area contributed by atoms with Gasteiger partial charge in [0.1, 0.15) is 5.76 Å². The fourth-order valence-corrected chi connectivity index (χ4v) is 9.09. The van der Waals surface area contributed by atoms with Gasteiger partial charge in [-0.25, -0.2) is 0 Å². The van der Waals surface area contributed by atoms with Gasteiger partial charge in [0.15, 0.2) is 0 Å². The minimum absolute atomic E-state index is 0.133. The Morgan fingerprint density at radius 2 is 1.83 bits per heavy atom. The summed E-state index contributed by atoms with van der Waals surface area (Å²) in [6.45, 7) is 14.4. The van der Waals surface area contributed by atoms with Crippen molar-refractivity contribution >= 4 is 31.5 Å². The van der Waals surface area contributed by atoms with Crippen LogP contribution in [0.2, 0.25) is 18.1 Å². The molecule has 0 saturated heterocycles. The van der Waals surface area contributed by atoms with E-state index in [1.165, 1.54) is 38.3 Å². The third kappa shape index (κ3) is 2.33. The highest BCUT2D eigenvalue weighted by Crippen LogP contribution is 2.57. The molecule has 5 rings (SSSR count). The molecule has 3 aliphatic rings. The second-order valence-corrected chi connectivity index (χ2v) is 14.2. The van der Waals surface area contributed by atoms with E-state index in [0.29, 0.717) is 0 Å². The lowest BCUT2D eigenvalue weighted by Crippen LogP contribution is -2.42. The quantitative estimate of drug-likeness (QED) is 0.560. The molecule has 0 fully saturated rings. The van der Waals surface area contributed by atoms with Gasteiger partial charge in [0.05, 0.1) is 14.3 Å². The number of benzene rings is 1. The zero-order valence-corrected chi connectivity index (χ0v) is 19.2. The van der Waals surface area contributed by atoms with E-state index in [0.717, 1.165) is 5.76 Å². The molecule has 0 N–H and O–H groups in total. The van der Waals surface area contributed by atoms with Gasteiger partial charge in [0, 0.05) is 10.6 Å². The molecule has 1 aromatic carbocycles. The lowest BCUT2D eigenvalue weighted by Gasteiger charge is -2.42. The van der Waals surface area contributed by atoms with Gasteiger partial charge in [0.25, 0.3) is 0 Å². The van der Waals surface area contributed by atoms with Gasteiger partial charge in [-0.05, 0) is 66.1 Å². The van der Waals surface area contributed by atoms with Gasteiger partial charge in [-0.3, -0.25) is 0 Å². The van der Waals surface area contributed by atoms with E-state index in [2.05, 4.69) is 89.4 Å². The number of fused-ring (bicyclic) bond motifs is 2. The first-order chi connectivity index (χ1) is 13.8. The summed E-state index contributed by atoms with van der Waals surface area (Å²) in [7, 11) is -1.87. The smallest absolute Gasteiger partial charge is 0.135 e. The average molecular weight is 397 g/mol. The summed E-state index contributed by atoms with van der Waals surface area (Å²) in [5.41, 5.74) is 8.36. The molecule has 2 heteroatoms. The first-order valence-corrected chi connectivity index (χ1v) is 13.5. The van der Waals surface area contributed by atoms with Crippen LogP contribution < -0.4 is 10.4 Å². The highest BCUT2D eigenvalue weighted by atomic mass is 28.3. The van der Waals surface area contributed by atoms with Crippen molar-refractivity contribution in [2.75, 3.05) is 0 Å². The van der Waals surface area contributed by atoms with E-state index in [-0.39, 0.29) is 5.04 Å². The van der Waals surface area contributed by atoms with Crippen LogP contribution in [-0.4, -0.2) is 8.07 Å². The van der Waals surface area contributed by atoms with Crippen LogP contribution in [0, 0.1) is 0 Å². The predicted octanol–water partition coefficient (Wildman–Crippen LogP) is 6.24. The molecule has 0 amide bonds. The van der Waals surface area contributed by atoms with Crippen molar-refractivity contribution < 1.29 is 4.42 Å². The number of hydrogen-bond acceptors (Lipinski definition) is 1. The molecule has 1 atom stereocenters. The summed E-state index contributed by atoms with van der Waals surface area (Å²) in [6.07, 6.45) is 15.6. The van der Waals surface area contributed by atoms with Crippen LogP contribution in [0.15, 0.2) is 63.8 Å². The van der Waals surface area contributed by atoms with Crippen molar-refractivity contribution in [3.63, 3.8) is 0 Å². The molecule has 146 valence electrons.